The van der Waals surface area contributed by atoms with Crippen molar-refractivity contribution < 1.29 is 19.2 Å². The van der Waals surface area contributed by atoms with E-state index >= 15 is 0 Å². The fourth-order valence-electron chi connectivity index (χ4n) is 2.39. The number of amides is 1. The number of nitrogens with zero attached hydrogens (tertiary/aromatic N) is 1. The van der Waals surface area contributed by atoms with E-state index in [2.05, 4.69) is 15.3 Å². The Morgan fingerprint density at radius 2 is 1.50 bits per heavy atom. The summed E-state index contributed by atoms with van der Waals surface area (Å²) in [7, 11) is 0. The molecule has 0 heterocycles. The number of hydrogen-bond donors (Lipinski definition) is 1. The van der Waals surface area contributed by atoms with Crippen LogP contribution in [0.3, 0.4) is 0 Å². The normalized spacial score (nSPS) is 13.5. The molecular formula is C18H34N2O4. The lowest BCUT2D eigenvalue weighted by Gasteiger charge is -2.48. The van der Waals surface area contributed by atoms with Crippen molar-refractivity contribution in [3.05, 3.63) is 0 Å². The van der Waals surface area contributed by atoms with Crippen molar-refractivity contribution in [3.8, 4) is 0 Å². The molecule has 6 nitrogen and oxygen atoms in total. The van der Waals surface area contributed by atoms with Crippen molar-refractivity contribution in [2.24, 2.45) is 21.4 Å². The maximum absolute atomic E-state index is 12.7. The number of carbonyl (C=O) groups is 2. The van der Waals surface area contributed by atoms with Crippen LogP contribution in [0, 0.1) is 16.2 Å². The van der Waals surface area contributed by atoms with Gasteiger partial charge < -0.3 is 10.1 Å². The predicted molar refractivity (Wildman–Crippen MR) is 95.9 cm³/mol. The SMILES string of the molecule is CC/C(C)=N\OC(=O)NCCOC(=O)C(C)(C(C)(C)C)C(C)(C)C. The van der Waals surface area contributed by atoms with Crippen molar-refractivity contribution in [2.45, 2.75) is 68.7 Å². The highest BCUT2D eigenvalue weighted by atomic mass is 16.7. The van der Waals surface area contributed by atoms with Crippen LogP contribution in [0.4, 0.5) is 4.79 Å². The van der Waals surface area contributed by atoms with Gasteiger partial charge in [-0.3, -0.25) is 9.63 Å². The minimum absolute atomic E-state index is 0.0894. The summed E-state index contributed by atoms with van der Waals surface area (Å²) in [6.45, 7) is 18.1. The Bertz CT molecular complexity index is 456. The number of hydrogen-bond acceptors (Lipinski definition) is 5. The van der Waals surface area contributed by atoms with Crippen LogP contribution in [0.5, 0.6) is 0 Å². The number of rotatable bonds is 6. The second-order valence-electron chi connectivity index (χ2n) is 8.25. The Balaban J connectivity index is 4.56. The van der Waals surface area contributed by atoms with E-state index in [-0.39, 0.29) is 30.0 Å². The van der Waals surface area contributed by atoms with Crippen molar-refractivity contribution >= 4 is 17.8 Å². The average Bonchev–Trinajstić information content (AvgIpc) is 2.45. The minimum Gasteiger partial charge on any atom is -0.463 e. The van der Waals surface area contributed by atoms with E-state index in [1.54, 1.807) is 6.92 Å². The summed E-state index contributed by atoms with van der Waals surface area (Å²) in [5.74, 6) is -0.266. The van der Waals surface area contributed by atoms with Crippen LogP contribution in [0.15, 0.2) is 5.16 Å². The van der Waals surface area contributed by atoms with Gasteiger partial charge in [0.05, 0.1) is 17.7 Å². The maximum atomic E-state index is 12.7. The van der Waals surface area contributed by atoms with Crippen LogP contribution in [0.2, 0.25) is 0 Å². The highest BCUT2D eigenvalue weighted by molar-refractivity contribution is 5.82. The predicted octanol–water partition coefficient (Wildman–Crippen LogP) is 4.14. The summed E-state index contributed by atoms with van der Waals surface area (Å²) in [4.78, 5) is 28.8. The minimum atomic E-state index is -0.664. The molecule has 0 spiro atoms. The van der Waals surface area contributed by atoms with Gasteiger partial charge in [-0.25, -0.2) is 4.79 Å². The number of oxime groups is 1. The number of ether oxygens (including phenoxy) is 1. The molecule has 0 radical (unpaired) electrons. The monoisotopic (exact) mass is 342 g/mol. The van der Waals surface area contributed by atoms with Gasteiger partial charge >= 0.3 is 12.1 Å². The van der Waals surface area contributed by atoms with Crippen molar-refractivity contribution in [3.63, 3.8) is 0 Å². The highest BCUT2D eigenvalue weighted by Gasteiger charge is 2.53. The fraction of sp³-hybridized carbons (Fsp3) is 0.833. The maximum Gasteiger partial charge on any atom is 0.433 e. The smallest absolute Gasteiger partial charge is 0.433 e. The topological polar surface area (TPSA) is 77.0 Å². The van der Waals surface area contributed by atoms with Crippen LogP contribution < -0.4 is 5.32 Å². The third-order valence-electron chi connectivity index (χ3n) is 4.81. The van der Waals surface area contributed by atoms with E-state index < -0.39 is 11.5 Å². The van der Waals surface area contributed by atoms with Gasteiger partial charge in [-0.05, 0) is 31.1 Å². The van der Waals surface area contributed by atoms with E-state index in [0.717, 1.165) is 5.71 Å². The van der Waals surface area contributed by atoms with Crippen LogP contribution in [0.25, 0.3) is 0 Å². The van der Waals surface area contributed by atoms with E-state index in [9.17, 15) is 9.59 Å². The fourth-order valence-corrected chi connectivity index (χ4v) is 2.39. The van der Waals surface area contributed by atoms with E-state index in [0.29, 0.717) is 6.42 Å². The molecule has 0 aliphatic heterocycles. The van der Waals surface area contributed by atoms with E-state index in [4.69, 9.17) is 4.74 Å². The molecule has 0 atom stereocenters. The molecule has 0 aromatic carbocycles. The Hall–Kier alpha value is -1.59. The number of nitrogens with one attached hydrogen (secondary N) is 1. The second-order valence-corrected chi connectivity index (χ2v) is 8.25. The lowest BCUT2D eigenvalue weighted by atomic mass is 9.55. The zero-order valence-corrected chi connectivity index (χ0v) is 16.7. The molecule has 0 aliphatic carbocycles. The molecule has 140 valence electrons. The lowest BCUT2D eigenvalue weighted by Crippen LogP contribution is -2.51. The standard InChI is InChI=1S/C18H34N2O4/c1-10-13(2)20-24-15(22)19-11-12-23-14(21)18(9,16(3,4)5)17(6,7)8/h10-12H2,1-9H3,(H,19,22)/b20-13-. The Morgan fingerprint density at radius 1 is 1.00 bits per heavy atom. The van der Waals surface area contributed by atoms with Gasteiger partial charge in [-0.15, -0.1) is 0 Å². The van der Waals surface area contributed by atoms with Gasteiger partial charge in [0, 0.05) is 0 Å². The third kappa shape index (κ3) is 5.80. The molecule has 0 fully saturated rings. The lowest BCUT2D eigenvalue weighted by molar-refractivity contribution is -0.172. The zero-order valence-electron chi connectivity index (χ0n) is 16.7. The molecule has 0 aromatic rings. The Kier molecular flexibility index (Phi) is 7.93. The number of carbonyl (C=O) groups excluding carboxylic acids is 2. The van der Waals surface area contributed by atoms with Crippen LogP contribution >= 0.6 is 0 Å². The molecule has 0 saturated heterocycles. The van der Waals surface area contributed by atoms with E-state index in [1.807, 2.05) is 55.4 Å². The molecule has 0 saturated carbocycles. The average molecular weight is 342 g/mol. The van der Waals surface area contributed by atoms with Crippen LogP contribution in [-0.2, 0) is 14.4 Å². The summed E-state index contributed by atoms with van der Waals surface area (Å²) >= 11 is 0. The summed E-state index contributed by atoms with van der Waals surface area (Å²) in [6.07, 6.45) is 0.0524. The summed E-state index contributed by atoms with van der Waals surface area (Å²) in [5, 5.41) is 6.16. The van der Waals surface area contributed by atoms with Crippen molar-refractivity contribution in [2.75, 3.05) is 13.2 Å². The molecule has 6 heteroatoms. The largest absolute Gasteiger partial charge is 0.463 e. The summed E-state index contributed by atoms with van der Waals surface area (Å²) in [6, 6.07) is 0. The first-order valence-electron chi connectivity index (χ1n) is 8.43. The molecule has 24 heavy (non-hydrogen) atoms. The molecule has 0 unspecified atom stereocenters. The van der Waals surface area contributed by atoms with Crippen LogP contribution in [-0.4, -0.2) is 30.9 Å². The molecule has 0 bridgehead atoms. The molecule has 0 rings (SSSR count). The first kappa shape index (κ1) is 22.4. The van der Waals surface area contributed by atoms with Gasteiger partial charge in [-0.2, -0.15) is 0 Å². The molecule has 1 N–H and O–H groups in total. The molecule has 0 aromatic heterocycles. The first-order valence-corrected chi connectivity index (χ1v) is 8.43. The third-order valence-corrected chi connectivity index (χ3v) is 4.81. The van der Waals surface area contributed by atoms with Gasteiger partial charge in [0.25, 0.3) is 0 Å². The Morgan fingerprint density at radius 3 is 1.92 bits per heavy atom. The molecular weight excluding hydrogens is 308 g/mol. The quantitative estimate of drug-likeness (QED) is 0.259. The van der Waals surface area contributed by atoms with Crippen molar-refractivity contribution in [1.82, 2.24) is 5.32 Å². The second kappa shape index (κ2) is 8.49. The van der Waals surface area contributed by atoms with Gasteiger partial charge in [-0.1, -0.05) is 53.6 Å². The van der Waals surface area contributed by atoms with Gasteiger partial charge in [0.2, 0.25) is 0 Å². The van der Waals surface area contributed by atoms with Crippen molar-refractivity contribution in [1.29, 1.82) is 0 Å². The van der Waals surface area contributed by atoms with Gasteiger partial charge in [0.15, 0.2) is 0 Å². The van der Waals surface area contributed by atoms with Crippen LogP contribution in [0.1, 0.15) is 68.7 Å². The highest BCUT2D eigenvalue weighted by Crippen LogP contribution is 2.51. The molecule has 0 aliphatic rings. The summed E-state index contributed by atoms with van der Waals surface area (Å²) < 4.78 is 5.41. The molecule has 1 amide bonds. The van der Waals surface area contributed by atoms with Gasteiger partial charge in [0.1, 0.15) is 6.61 Å². The summed E-state index contributed by atoms with van der Waals surface area (Å²) in [5.41, 5.74) is -0.465. The number of esters is 1. The first-order chi connectivity index (χ1) is 10.8. The zero-order chi connectivity index (χ0) is 19.2. The van der Waals surface area contributed by atoms with E-state index in [1.165, 1.54) is 0 Å². The Labute approximate surface area is 146 Å².